The van der Waals surface area contributed by atoms with Gasteiger partial charge in [0.2, 0.25) is 0 Å². The highest BCUT2D eigenvalue weighted by Gasteiger charge is 2.37. The first-order chi connectivity index (χ1) is 22.1. The summed E-state index contributed by atoms with van der Waals surface area (Å²) in [6.07, 6.45) is 0. The van der Waals surface area contributed by atoms with Gasteiger partial charge in [0.15, 0.2) is 17.5 Å². The molecule has 0 amide bonds. The molecule has 8 rings (SSSR count). The van der Waals surface area contributed by atoms with Crippen LogP contribution in [-0.2, 0) is 5.41 Å². The second kappa shape index (κ2) is 10.8. The van der Waals surface area contributed by atoms with Crippen molar-refractivity contribution in [1.82, 2.24) is 15.0 Å². The van der Waals surface area contributed by atoms with Crippen LogP contribution in [0.15, 0.2) is 152 Å². The molecule has 0 unspecified atom stereocenters. The normalized spacial score (nSPS) is 12.8. The average molecular weight is 578 g/mol. The Labute approximate surface area is 264 Å². The summed E-state index contributed by atoms with van der Waals surface area (Å²) < 4.78 is 0. The van der Waals surface area contributed by atoms with Crippen molar-refractivity contribution < 1.29 is 0 Å². The number of aromatic nitrogens is 3. The molecule has 45 heavy (non-hydrogen) atoms. The predicted molar refractivity (Wildman–Crippen MR) is 185 cm³/mol. The first kappa shape index (κ1) is 26.9. The van der Waals surface area contributed by atoms with Gasteiger partial charge < -0.3 is 0 Å². The largest absolute Gasteiger partial charge is 0.208 e. The molecule has 0 atom stereocenters. The van der Waals surface area contributed by atoms with Crippen molar-refractivity contribution in [2.24, 2.45) is 0 Å². The number of nitrogens with zero attached hydrogens (tertiary/aromatic N) is 3. The van der Waals surface area contributed by atoms with Crippen LogP contribution < -0.4 is 0 Å². The lowest BCUT2D eigenvalue weighted by Gasteiger charge is -2.23. The number of benzene rings is 6. The van der Waals surface area contributed by atoms with E-state index in [0.29, 0.717) is 17.5 Å². The second-order valence-corrected chi connectivity index (χ2v) is 12.1. The molecule has 1 aliphatic rings. The molecule has 0 spiro atoms. The summed E-state index contributed by atoms with van der Waals surface area (Å²) in [6.45, 7) is 4.65. The van der Waals surface area contributed by atoms with Gasteiger partial charge in [0.1, 0.15) is 0 Å². The zero-order chi connectivity index (χ0) is 30.4. The van der Waals surface area contributed by atoms with E-state index in [1.807, 2.05) is 36.4 Å². The molecule has 0 aliphatic heterocycles. The Morgan fingerprint density at radius 3 is 1.47 bits per heavy atom. The minimum absolute atomic E-state index is 0.189. The molecule has 1 aliphatic carbocycles. The molecule has 6 aromatic carbocycles. The van der Waals surface area contributed by atoms with Gasteiger partial charge >= 0.3 is 0 Å². The third-order valence-corrected chi connectivity index (χ3v) is 8.92. The summed E-state index contributed by atoms with van der Waals surface area (Å²) in [6, 6.07) is 53.2. The van der Waals surface area contributed by atoms with Gasteiger partial charge in [-0.3, -0.25) is 0 Å². The lowest BCUT2D eigenvalue weighted by Crippen LogP contribution is -2.15. The molecule has 0 bridgehead atoms. The predicted octanol–water partition coefficient (Wildman–Crippen LogP) is 10.5. The molecule has 1 heterocycles. The highest BCUT2D eigenvalue weighted by atomic mass is 15.0. The highest BCUT2D eigenvalue weighted by molar-refractivity contribution is 5.95. The van der Waals surface area contributed by atoms with E-state index in [0.717, 1.165) is 16.7 Å². The summed E-state index contributed by atoms with van der Waals surface area (Å²) in [5.41, 5.74) is 12.6. The third-order valence-electron chi connectivity index (χ3n) is 8.92. The zero-order valence-corrected chi connectivity index (χ0v) is 25.3. The SMILES string of the molecule is CC1(C)c2ccccc2-c2c(-c3cccc(-c4ccccc4)c3)cc(-c3nc(-c4ccccc4)nc(-c4ccccc4)n3)cc21. The molecular weight excluding hydrogens is 546 g/mol. The van der Waals surface area contributed by atoms with E-state index in [9.17, 15) is 0 Å². The third kappa shape index (κ3) is 4.74. The van der Waals surface area contributed by atoms with Gasteiger partial charge in [-0.25, -0.2) is 15.0 Å². The van der Waals surface area contributed by atoms with E-state index in [1.54, 1.807) is 0 Å². The van der Waals surface area contributed by atoms with Crippen molar-refractivity contribution in [2.45, 2.75) is 19.3 Å². The van der Waals surface area contributed by atoms with Crippen LogP contribution in [0.4, 0.5) is 0 Å². The summed E-state index contributed by atoms with van der Waals surface area (Å²) in [5, 5.41) is 0. The fourth-order valence-electron chi connectivity index (χ4n) is 6.61. The van der Waals surface area contributed by atoms with E-state index in [2.05, 4.69) is 129 Å². The molecule has 214 valence electrons. The number of fused-ring (bicyclic) bond motifs is 3. The lowest BCUT2D eigenvalue weighted by molar-refractivity contribution is 0.660. The first-order valence-electron chi connectivity index (χ1n) is 15.4. The van der Waals surface area contributed by atoms with Gasteiger partial charge in [-0.15, -0.1) is 0 Å². The lowest BCUT2D eigenvalue weighted by atomic mass is 9.81. The van der Waals surface area contributed by atoms with Gasteiger partial charge in [0, 0.05) is 22.1 Å². The Morgan fingerprint density at radius 2 is 0.844 bits per heavy atom. The summed E-state index contributed by atoms with van der Waals surface area (Å²) in [5.74, 6) is 1.99. The van der Waals surface area contributed by atoms with Gasteiger partial charge in [0.05, 0.1) is 0 Å². The Bertz CT molecular complexity index is 2110. The monoisotopic (exact) mass is 577 g/mol. The van der Waals surface area contributed by atoms with Crippen molar-refractivity contribution in [2.75, 3.05) is 0 Å². The van der Waals surface area contributed by atoms with E-state index in [4.69, 9.17) is 15.0 Å². The number of hydrogen-bond donors (Lipinski definition) is 0. The Hall–Kier alpha value is -5.67. The molecule has 0 fully saturated rings. The summed E-state index contributed by atoms with van der Waals surface area (Å²) in [7, 11) is 0. The van der Waals surface area contributed by atoms with E-state index < -0.39 is 0 Å². The molecule has 0 radical (unpaired) electrons. The van der Waals surface area contributed by atoms with Gasteiger partial charge in [-0.2, -0.15) is 0 Å². The van der Waals surface area contributed by atoms with E-state index in [1.165, 1.54) is 44.5 Å². The van der Waals surface area contributed by atoms with Gasteiger partial charge in [-0.05, 0) is 62.7 Å². The molecule has 3 heteroatoms. The van der Waals surface area contributed by atoms with Crippen LogP contribution in [0, 0.1) is 0 Å². The molecule has 1 aromatic heterocycles. The first-order valence-corrected chi connectivity index (χ1v) is 15.4. The van der Waals surface area contributed by atoms with Crippen LogP contribution in [0.2, 0.25) is 0 Å². The minimum atomic E-state index is -0.189. The smallest absolute Gasteiger partial charge is 0.164 e. The summed E-state index contributed by atoms with van der Waals surface area (Å²) >= 11 is 0. The average Bonchev–Trinajstić information content (AvgIpc) is 3.35. The maximum Gasteiger partial charge on any atom is 0.164 e. The van der Waals surface area contributed by atoms with Crippen molar-refractivity contribution in [1.29, 1.82) is 0 Å². The van der Waals surface area contributed by atoms with Crippen LogP contribution in [0.3, 0.4) is 0 Å². The van der Waals surface area contributed by atoms with Gasteiger partial charge in [0.25, 0.3) is 0 Å². The molecular formula is C42H31N3. The standard InChI is InChI=1S/C42H31N3/c1-42(2)36-24-13-12-23-34(36)38-35(32-22-14-21-31(25-32)28-15-6-3-7-16-28)26-33(27-37(38)42)41-44-39(29-17-8-4-9-18-29)43-40(45-41)30-19-10-5-11-20-30/h3-27H,1-2H3. The maximum absolute atomic E-state index is 5.10. The molecule has 7 aromatic rings. The van der Waals surface area contributed by atoms with Crippen molar-refractivity contribution in [3.63, 3.8) is 0 Å². The van der Waals surface area contributed by atoms with Crippen molar-refractivity contribution in [3.05, 3.63) is 163 Å². The molecule has 0 N–H and O–H groups in total. The number of rotatable bonds is 5. The Balaban J connectivity index is 1.39. The molecule has 3 nitrogen and oxygen atoms in total. The molecule has 0 saturated carbocycles. The van der Waals surface area contributed by atoms with Crippen molar-refractivity contribution >= 4 is 0 Å². The van der Waals surface area contributed by atoms with E-state index in [-0.39, 0.29) is 5.41 Å². The molecule has 0 saturated heterocycles. The maximum atomic E-state index is 5.10. The Morgan fingerprint density at radius 1 is 0.356 bits per heavy atom. The van der Waals surface area contributed by atoms with Crippen LogP contribution in [0.25, 0.3) is 67.5 Å². The van der Waals surface area contributed by atoms with Crippen LogP contribution in [0.1, 0.15) is 25.0 Å². The van der Waals surface area contributed by atoms with Gasteiger partial charge in [-0.1, -0.05) is 147 Å². The number of hydrogen-bond acceptors (Lipinski definition) is 3. The summed E-state index contributed by atoms with van der Waals surface area (Å²) in [4.78, 5) is 15.1. The second-order valence-electron chi connectivity index (χ2n) is 12.1. The Kier molecular flexibility index (Phi) is 6.46. The van der Waals surface area contributed by atoms with E-state index >= 15 is 0 Å². The topological polar surface area (TPSA) is 38.7 Å². The minimum Gasteiger partial charge on any atom is -0.208 e. The van der Waals surface area contributed by atoms with Crippen LogP contribution in [-0.4, -0.2) is 15.0 Å². The van der Waals surface area contributed by atoms with Crippen LogP contribution in [0.5, 0.6) is 0 Å². The zero-order valence-electron chi connectivity index (χ0n) is 25.3. The quantitative estimate of drug-likeness (QED) is 0.204. The van der Waals surface area contributed by atoms with Crippen molar-refractivity contribution in [3.8, 4) is 67.5 Å². The highest BCUT2D eigenvalue weighted by Crippen LogP contribution is 2.53. The van der Waals surface area contributed by atoms with Crippen LogP contribution >= 0.6 is 0 Å². The fourth-order valence-corrected chi connectivity index (χ4v) is 6.61. The fraction of sp³-hybridized carbons (Fsp3) is 0.0714.